The molecule has 1 aromatic carbocycles. The lowest BCUT2D eigenvalue weighted by Gasteiger charge is -2.23. The molecule has 0 aromatic heterocycles. The number of amides is 2. The van der Waals surface area contributed by atoms with E-state index in [-0.39, 0.29) is 11.8 Å². The highest BCUT2D eigenvalue weighted by molar-refractivity contribution is 5.85. The van der Waals surface area contributed by atoms with Gasteiger partial charge in [-0.25, -0.2) is 9.18 Å². The van der Waals surface area contributed by atoms with Crippen molar-refractivity contribution < 1.29 is 14.0 Å². The Morgan fingerprint density at radius 2 is 1.94 bits per heavy atom. The second-order valence-corrected chi connectivity index (χ2v) is 3.36. The maximum Gasteiger partial charge on any atom is 0.319 e. The lowest BCUT2D eigenvalue weighted by Crippen LogP contribution is -2.41. The second-order valence-electron chi connectivity index (χ2n) is 3.36. The summed E-state index contributed by atoms with van der Waals surface area (Å²) in [6.07, 6.45) is 2.00. The van der Waals surface area contributed by atoms with Gasteiger partial charge in [0.2, 0.25) is 0 Å². The molecular formula is C11H9FN2O2. The quantitative estimate of drug-likeness (QED) is 0.737. The number of halogens is 1. The van der Waals surface area contributed by atoms with Gasteiger partial charge in [-0.2, -0.15) is 0 Å². The number of benzene rings is 1. The smallest absolute Gasteiger partial charge is 0.319 e. The van der Waals surface area contributed by atoms with E-state index in [0.29, 0.717) is 17.4 Å². The number of hydrogen-bond donors (Lipinski definition) is 2. The Kier molecular flexibility index (Phi) is 2.68. The molecule has 4 nitrogen and oxygen atoms in total. The molecule has 0 spiro atoms. The Balaban J connectivity index is 2.34. The Bertz CT molecular complexity index is 454. The van der Waals surface area contributed by atoms with Gasteiger partial charge < -0.3 is 10.6 Å². The van der Waals surface area contributed by atoms with E-state index >= 15 is 0 Å². The summed E-state index contributed by atoms with van der Waals surface area (Å²) >= 11 is 0. The molecular weight excluding hydrogens is 211 g/mol. The summed E-state index contributed by atoms with van der Waals surface area (Å²) in [7, 11) is 0. The van der Waals surface area contributed by atoms with E-state index in [2.05, 4.69) is 10.6 Å². The number of aldehydes is 1. The van der Waals surface area contributed by atoms with Gasteiger partial charge in [0.05, 0.1) is 6.04 Å². The summed E-state index contributed by atoms with van der Waals surface area (Å²) < 4.78 is 12.7. The Hall–Kier alpha value is -2.17. The standard InChI is InChI=1S/C11H9FN2O2/c12-9-3-1-7(2-4-9)10-8(6-15)5-13-11(16)14-10/h1-6,10H,(H2,13,14,16). The average Bonchev–Trinajstić information content (AvgIpc) is 2.30. The van der Waals surface area contributed by atoms with E-state index in [1.54, 1.807) is 0 Å². The fraction of sp³-hybridized carbons (Fsp3) is 0.0909. The number of rotatable bonds is 2. The van der Waals surface area contributed by atoms with Crippen LogP contribution in [0.15, 0.2) is 36.0 Å². The second kappa shape index (κ2) is 4.14. The summed E-state index contributed by atoms with van der Waals surface area (Å²) in [6.45, 7) is 0. The molecule has 1 heterocycles. The van der Waals surface area contributed by atoms with Crippen LogP contribution in [0.3, 0.4) is 0 Å². The molecule has 1 aliphatic rings. The van der Waals surface area contributed by atoms with Crippen LogP contribution in [-0.2, 0) is 4.79 Å². The van der Waals surface area contributed by atoms with Gasteiger partial charge in [-0.05, 0) is 17.7 Å². The van der Waals surface area contributed by atoms with Crippen LogP contribution in [0.1, 0.15) is 11.6 Å². The zero-order chi connectivity index (χ0) is 11.5. The van der Waals surface area contributed by atoms with Gasteiger partial charge in [-0.1, -0.05) is 12.1 Å². The zero-order valence-electron chi connectivity index (χ0n) is 8.24. The SMILES string of the molecule is O=CC1=CNC(=O)NC1c1ccc(F)cc1. The van der Waals surface area contributed by atoms with Gasteiger partial charge in [0.25, 0.3) is 0 Å². The van der Waals surface area contributed by atoms with Crippen LogP contribution in [0.4, 0.5) is 9.18 Å². The first-order chi connectivity index (χ1) is 7.70. The van der Waals surface area contributed by atoms with Crippen LogP contribution in [-0.4, -0.2) is 12.3 Å². The van der Waals surface area contributed by atoms with Crippen molar-refractivity contribution in [1.82, 2.24) is 10.6 Å². The third kappa shape index (κ3) is 1.93. The Labute approximate surface area is 91.1 Å². The number of carbonyl (C=O) groups excluding carboxylic acids is 2. The molecule has 2 rings (SSSR count). The molecule has 0 fully saturated rings. The Morgan fingerprint density at radius 1 is 1.25 bits per heavy atom. The largest absolute Gasteiger partial charge is 0.327 e. The van der Waals surface area contributed by atoms with E-state index in [4.69, 9.17) is 0 Å². The van der Waals surface area contributed by atoms with E-state index in [9.17, 15) is 14.0 Å². The summed E-state index contributed by atoms with van der Waals surface area (Å²) in [6, 6.07) is 4.72. The molecule has 1 aliphatic heterocycles. The van der Waals surface area contributed by atoms with Crippen molar-refractivity contribution in [2.24, 2.45) is 0 Å². The van der Waals surface area contributed by atoms with Crippen LogP contribution < -0.4 is 10.6 Å². The van der Waals surface area contributed by atoms with Crippen molar-refractivity contribution >= 4 is 12.3 Å². The van der Waals surface area contributed by atoms with E-state index in [1.807, 2.05) is 0 Å². The van der Waals surface area contributed by atoms with E-state index < -0.39 is 6.04 Å². The lowest BCUT2D eigenvalue weighted by molar-refractivity contribution is -0.105. The van der Waals surface area contributed by atoms with Gasteiger partial charge in [0, 0.05) is 11.8 Å². The molecule has 0 bridgehead atoms. The zero-order valence-corrected chi connectivity index (χ0v) is 8.24. The van der Waals surface area contributed by atoms with Crippen LogP contribution in [0.2, 0.25) is 0 Å². The first-order valence-electron chi connectivity index (χ1n) is 4.68. The minimum atomic E-state index is -0.521. The molecule has 0 saturated heterocycles. The highest BCUT2D eigenvalue weighted by Crippen LogP contribution is 2.21. The number of urea groups is 1. The molecule has 1 unspecified atom stereocenters. The van der Waals surface area contributed by atoms with Crippen LogP contribution in [0.25, 0.3) is 0 Å². The molecule has 0 radical (unpaired) electrons. The lowest BCUT2D eigenvalue weighted by atomic mass is 9.99. The minimum Gasteiger partial charge on any atom is -0.327 e. The molecule has 2 N–H and O–H groups in total. The summed E-state index contributed by atoms with van der Waals surface area (Å²) in [4.78, 5) is 21.9. The molecule has 2 amide bonds. The third-order valence-electron chi connectivity index (χ3n) is 2.32. The summed E-state index contributed by atoms with van der Waals surface area (Å²) in [5, 5.41) is 4.96. The van der Waals surface area contributed by atoms with Crippen molar-refractivity contribution in [3.8, 4) is 0 Å². The van der Waals surface area contributed by atoms with E-state index in [0.717, 1.165) is 0 Å². The van der Waals surface area contributed by atoms with Crippen LogP contribution >= 0.6 is 0 Å². The van der Waals surface area contributed by atoms with Crippen molar-refractivity contribution in [3.05, 3.63) is 47.4 Å². The fourth-order valence-electron chi connectivity index (χ4n) is 1.52. The minimum absolute atomic E-state index is 0.361. The number of hydrogen-bond acceptors (Lipinski definition) is 2. The van der Waals surface area contributed by atoms with E-state index in [1.165, 1.54) is 30.5 Å². The van der Waals surface area contributed by atoms with Crippen molar-refractivity contribution in [2.75, 3.05) is 0 Å². The topological polar surface area (TPSA) is 58.2 Å². The number of nitrogens with one attached hydrogen (secondary N) is 2. The van der Waals surface area contributed by atoms with Gasteiger partial charge >= 0.3 is 6.03 Å². The monoisotopic (exact) mass is 220 g/mol. The van der Waals surface area contributed by atoms with Crippen molar-refractivity contribution in [2.45, 2.75) is 6.04 Å². The normalized spacial score (nSPS) is 19.4. The highest BCUT2D eigenvalue weighted by Gasteiger charge is 2.22. The van der Waals surface area contributed by atoms with Gasteiger partial charge in [0.15, 0.2) is 0 Å². The molecule has 1 aromatic rings. The predicted molar refractivity (Wildman–Crippen MR) is 55.0 cm³/mol. The van der Waals surface area contributed by atoms with Crippen molar-refractivity contribution in [1.29, 1.82) is 0 Å². The van der Waals surface area contributed by atoms with Gasteiger partial charge in [-0.3, -0.25) is 4.79 Å². The average molecular weight is 220 g/mol. The molecule has 1 atom stereocenters. The highest BCUT2D eigenvalue weighted by atomic mass is 19.1. The first-order valence-corrected chi connectivity index (χ1v) is 4.68. The number of carbonyl (C=O) groups is 2. The van der Waals surface area contributed by atoms with Crippen molar-refractivity contribution in [3.63, 3.8) is 0 Å². The Morgan fingerprint density at radius 3 is 2.56 bits per heavy atom. The molecule has 82 valence electrons. The third-order valence-corrected chi connectivity index (χ3v) is 2.32. The molecule has 16 heavy (non-hydrogen) atoms. The van der Waals surface area contributed by atoms with Crippen LogP contribution in [0, 0.1) is 5.82 Å². The molecule has 0 saturated carbocycles. The van der Waals surface area contributed by atoms with Crippen LogP contribution in [0.5, 0.6) is 0 Å². The maximum atomic E-state index is 12.7. The van der Waals surface area contributed by atoms with Gasteiger partial charge in [0.1, 0.15) is 12.1 Å². The molecule has 0 aliphatic carbocycles. The first kappa shape index (κ1) is 10.4. The molecule has 5 heteroatoms. The summed E-state index contributed by atoms with van der Waals surface area (Å²) in [5.74, 6) is -0.361. The fourth-order valence-corrected chi connectivity index (χ4v) is 1.52. The maximum absolute atomic E-state index is 12.7. The predicted octanol–water partition coefficient (Wildman–Crippen LogP) is 1.26. The summed E-state index contributed by atoms with van der Waals surface area (Å²) in [5.41, 5.74) is 1.06. The van der Waals surface area contributed by atoms with Gasteiger partial charge in [-0.15, -0.1) is 0 Å².